The predicted octanol–water partition coefficient (Wildman–Crippen LogP) is 4.58. The summed E-state index contributed by atoms with van der Waals surface area (Å²) in [5.41, 5.74) is 3.30. The van der Waals surface area contributed by atoms with Crippen LogP contribution in [0.25, 0.3) is 0 Å². The molecule has 1 aliphatic heterocycles. The third kappa shape index (κ3) is 4.42. The van der Waals surface area contributed by atoms with Gasteiger partial charge < -0.3 is 10.0 Å². The third-order valence-corrected chi connectivity index (χ3v) is 5.59. The van der Waals surface area contributed by atoms with E-state index in [2.05, 4.69) is 20.4 Å². The fraction of sp³-hybridized carbons (Fsp3) is 0.312. The van der Waals surface area contributed by atoms with Crippen molar-refractivity contribution in [2.45, 2.75) is 19.3 Å². The molecule has 6 nitrogen and oxygen atoms in total. The van der Waals surface area contributed by atoms with Gasteiger partial charge in [0.05, 0.1) is 27.4 Å². The molecule has 2 heterocycles. The van der Waals surface area contributed by atoms with Crippen molar-refractivity contribution in [3.63, 3.8) is 0 Å². The van der Waals surface area contributed by atoms with Crippen LogP contribution in [0, 0.1) is 0 Å². The van der Waals surface area contributed by atoms with Crippen LogP contribution in [0.4, 0.5) is 10.8 Å². The first kappa shape index (κ1) is 18.0. The molecule has 0 saturated carbocycles. The topological polar surface area (TPSA) is 77.8 Å². The number of carboxylic acid groups (broad SMARTS) is 1. The highest BCUT2D eigenvalue weighted by Crippen LogP contribution is 2.30. The van der Waals surface area contributed by atoms with Crippen LogP contribution in [0.1, 0.15) is 34.5 Å². The molecule has 1 saturated heterocycles. The molecule has 2 aromatic rings. The minimum Gasteiger partial charge on any atom is -0.478 e. The van der Waals surface area contributed by atoms with Crippen molar-refractivity contribution in [2.24, 2.45) is 5.10 Å². The van der Waals surface area contributed by atoms with Crippen molar-refractivity contribution in [1.29, 1.82) is 0 Å². The zero-order valence-corrected chi connectivity index (χ0v) is 15.5. The number of piperidine rings is 1. The maximum absolute atomic E-state index is 11.0. The number of aromatic nitrogens is 1. The second kappa shape index (κ2) is 8.03. The minimum atomic E-state index is -1.03. The molecule has 25 heavy (non-hydrogen) atoms. The van der Waals surface area contributed by atoms with Crippen LogP contribution in [0.15, 0.2) is 23.3 Å². The first-order valence-electron chi connectivity index (χ1n) is 7.78. The zero-order chi connectivity index (χ0) is 17.8. The number of nitrogens with zero attached hydrogens (tertiary/aromatic N) is 3. The molecule has 9 heteroatoms. The number of halogens is 2. The van der Waals surface area contributed by atoms with E-state index in [1.807, 2.05) is 0 Å². The highest BCUT2D eigenvalue weighted by Gasteiger charge is 2.16. The summed E-state index contributed by atoms with van der Waals surface area (Å²) in [5, 5.41) is 14.8. The van der Waals surface area contributed by atoms with Gasteiger partial charge in [0.2, 0.25) is 0 Å². The lowest BCUT2D eigenvalue weighted by atomic mass is 10.1. The maximum atomic E-state index is 11.0. The molecule has 0 spiro atoms. The van der Waals surface area contributed by atoms with E-state index in [1.165, 1.54) is 48.8 Å². The highest BCUT2D eigenvalue weighted by molar-refractivity contribution is 7.17. The second-order valence-corrected chi connectivity index (χ2v) is 7.34. The summed E-state index contributed by atoms with van der Waals surface area (Å²) in [6.45, 7) is 1.99. The molecule has 0 unspecified atom stereocenters. The van der Waals surface area contributed by atoms with Crippen molar-refractivity contribution in [2.75, 3.05) is 23.4 Å². The number of anilines is 2. The third-order valence-electron chi connectivity index (χ3n) is 3.81. The average molecular weight is 399 g/mol. The monoisotopic (exact) mass is 398 g/mol. The summed E-state index contributed by atoms with van der Waals surface area (Å²) in [7, 11) is 0. The lowest BCUT2D eigenvalue weighted by molar-refractivity contribution is 0.0697. The van der Waals surface area contributed by atoms with E-state index < -0.39 is 5.97 Å². The van der Waals surface area contributed by atoms with Gasteiger partial charge in [-0.3, -0.25) is 5.43 Å². The van der Waals surface area contributed by atoms with E-state index in [-0.39, 0.29) is 5.56 Å². The van der Waals surface area contributed by atoms with E-state index in [9.17, 15) is 4.79 Å². The van der Waals surface area contributed by atoms with Crippen LogP contribution in [0.2, 0.25) is 10.2 Å². The maximum Gasteiger partial charge on any atom is 0.335 e. The van der Waals surface area contributed by atoms with E-state index in [1.54, 1.807) is 6.21 Å². The Morgan fingerprint density at radius 3 is 2.80 bits per heavy atom. The lowest BCUT2D eigenvalue weighted by Crippen LogP contribution is -2.29. The van der Waals surface area contributed by atoms with E-state index in [0.717, 1.165) is 23.1 Å². The number of hydrogen-bond donors (Lipinski definition) is 2. The van der Waals surface area contributed by atoms with Crippen molar-refractivity contribution in [3.05, 3.63) is 38.8 Å². The Balaban J connectivity index is 1.71. The molecule has 1 aromatic carbocycles. The van der Waals surface area contributed by atoms with Gasteiger partial charge in [-0.1, -0.05) is 34.5 Å². The van der Waals surface area contributed by atoms with E-state index in [4.69, 9.17) is 28.3 Å². The number of nitrogens with one attached hydrogen (secondary N) is 1. The Hall–Kier alpha value is -1.83. The molecule has 0 radical (unpaired) electrons. The fourth-order valence-electron chi connectivity index (χ4n) is 2.51. The van der Waals surface area contributed by atoms with Gasteiger partial charge in [0.15, 0.2) is 10.3 Å². The summed E-state index contributed by atoms with van der Waals surface area (Å²) in [5.74, 6) is -1.03. The van der Waals surface area contributed by atoms with Crippen LogP contribution >= 0.6 is 34.5 Å². The van der Waals surface area contributed by atoms with Crippen molar-refractivity contribution < 1.29 is 9.90 Å². The van der Waals surface area contributed by atoms with Crippen LogP contribution in [-0.4, -0.2) is 35.4 Å². The number of carboxylic acids is 1. The molecular formula is C16H16Cl2N4O2S. The van der Waals surface area contributed by atoms with Gasteiger partial charge in [-0.25, -0.2) is 9.78 Å². The SMILES string of the molecule is O=C(O)c1ccc(Cl)c(N/N=C\c2sc(N3CCCCC3)nc2Cl)c1. The smallest absolute Gasteiger partial charge is 0.335 e. The molecule has 1 fully saturated rings. The number of thiazole rings is 1. The molecule has 2 N–H and O–H groups in total. The minimum absolute atomic E-state index is 0.130. The molecule has 3 rings (SSSR count). The largest absolute Gasteiger partial charge is 0.478 e. The molecule has 1 aliphatic rings. The average Bonchev–Trinajstić information content (AvgIpc) is 2.98. The Morgan fingerprint density at radius 2 is 2.08 bits per heavy atom. The number of aromatic carboxylic acids is 1. The summed E-state index contributed by atoms with van der Waals surface area (Å²) in [4.78, 5) is 18.4. The van der Waals surface area contributed by atoms with Gasteiger partial charge in [0, 0.05) is 13.1 Å². The Labute approximate surface area is 159 Å². The predicted molar refractivity (Wildman–Crippen MR) is 103 cm³/mol. The van der Waals surface area contributed by atoms with Gasteiger partial charge >= 0.3 is 5.97 Å². The van der Waals surface area contributed by atoms with Crippen molar-refractivity contribution in [3.8, 4) is 0 Å². The van der Waals surface area contributed by atoms with Crippen LogP contribution in [-0.2, 0) is 0 Å². The Bertz CT molecular complexity index is 803. The number of carbonyl (C=O) groups is 1. The van der Waals surface area contributed by atoms with E-state index >= 15 is 0 Å². The number of rotatable bonds is 5. The lowest BCUT2D eigenvalue weighted by Gasteiger charge is -2.25. The molecule has 1 aromatic heterocycles. The first-order valence-corrected chi connectivity index (χ1v) is 9.35. The molecule has 0 aliphatic carbocycles. The summed E-state index contributed by atoms with van der Waals surface area (Å²) in [6, 6.07) is 4.37. The summed E-state index contributed by atoms with van der Waals surface area (Å²) in [6.07, 6.45) is 5.16. The Kier molecular flexibility index (Phi) is 5.78. The van der Waals surface area contributed by atoms with Crippen LogP contribution in [0.3, 0.4) is 0 Å². The van der Waals surface area contributed by atoms with Gasteiger partial charge in [-0.05, 0) is 37.5 Å². The van der Waals surface area contributed by atoms with Gasteiger partial charge in [0.25, 0.3) is 0 Å². The Morgan fingerprint density at radius 1 is 1.32 bits per heavy atom. The van der Waals surface area contributed by atoms with E-state index in [0.29, 0.717) is 15.9 Å². The standard InChI is InChI=1S/C16H16Cl2N4O2S/c17-11-5-4-10(15(23)24)8-12(11)21-19-9-13-14(18)20-16(25-13)22-6-2-1-3-7-22/h4-5,8-9,21H,1-3,6-7H2,(H,23,24)/b19-9-. The van der Waals surface area contributed by atoms with Gasteiger partial charge in [0.1, 0.15) is 0 Å². The second-order valence-electron chi connectivity index (χ2n) is 5.57. The number of hydrazone groups is 1. The molecule has 0 bridgehead atoms. The quantitative estimate of drug-likeness (QED) is 0.568. The first-order chi connectivity index (χ1) is 12.0. The van der Waals surface area contributed by atoms with Crippen LogP contribution < -0.4 is 10.3 Å². The number of benzene rings is 1. The fourth-order valence-corrected chi connectivity index (χ4v) is 3.84. The summed E-state index contributed by atoms with van der Waals surface area (Å²) >= 11 is 13.7. The highest BCUT2D eigenvalue weighted by atomic mass is 35.5. The van der Waals surface area contributed by atoms with Crippen LogP contribution in [0.5, 0.6) is 0 Å². The summed E-state index contributed by atoms with van der Waals surface area (Å²) < 4.78 is 0. The van der Waals surface area contributed by atoms with Crippen molar-refractivity contribution in [1.82, 2.24) is 4.98 Å². The molecule has 132 valence electrons. The van der Waals surface area contributed by atoms with Gasteiger partial charge in [-0.2, -0.15) is 5.10 Å². The molecule has 0 atom stereocenters. The van der Waals surface area contributed by atoms with Gasteiger partial charge in [-0.15, -0.1) is 0 Å². The van der Waals surface area contributed by atoms with Crippen molar-refractivity contribution >= 4 is 57.5 Å². The molecular weight excluding hydrogens is 383 g/mol. The zero-order valence-electron chi connectivity index (χ0n) is 13.2. The number of hydrogen-bond acceptors (Lipinski definition) is 6. The molecule has 0 amide bonds. The normalized spacial score (nSPS) is 14.9.